The molecule has 5 nitrogen and oxygen atoms in total. The Morgan fingerprint density at radius 3 is 2.61 bits per heavy atom. The van der Waals surface area contributed by atoms with Crippen molar-refractivity contribution in [1.29, 1.82) is 0 Å². The zero-order valence-electron chi connectivity index (χ0n) is 17.3. The van der Waals surface area contributed by atoms with Crippen molar-refractivity contribution < 1.29 is 9.21 Å². The van der Waals surface area contributed by atoms with E-state index in [0.29, 0.717) is 12.6 Å². The van der Waals surface area contributed by atoms with E-state index in [-0.39, 0.29) is 11.9 Å². The number of fused-ring (bicyclic) bond motifs is 1. The third kappa shape index (κ3) is 4.04. The number of nitrogens with zero attached hydrogens (tertiary/aromatic N) is 2. The van der Waals surface area contributed by atoms with Crippen molar-refractivity contribution in [3.63, 3.8) is 0 Å². The van der Waals surface area contributed by atoms with Gasteiger partial charge in [0.2, 0.25) is 0 Å². The summed E-state index contributed by atoms with van der Waals surface area (Å²) in [6, 6.07) is 26.3. The molecule has 1 amide bonds. The van der Waals surface area contributed by atoms with Crippen molar-refractivity contribution in [2.24, 2.45) is 0 Å². The zero-order valence-corrected chi connectivity index (χ0v) is 17.3. The first-order valence-electron chi connectivity index (χ1n) is 10.8. The van der Waals surface area contributed by atoms with E-state index in [1.54, 1.807) is 0 Å². The molecule has 5 rings (SSSR count). The van der Waals surface area contributed by atoms with Gasteiger partial charge in [0.1, 0.15) is 5.52 Å². The molecule has 2 heterocycles. The fraction of sp³-hybridized carbons (Fsp3) is 0.231. The lowest BCUT2D eigenvalue weighted by Gasteiger charge is -2.36. The number of para-hydroxylation sites is 2. The van der Waals surface area contributed by atoms with Crippen molar-refractivity contribution in [2.45, 2.75) is 25.3 Å². The van der Waals surface area contributed by atoms with Crippen LogP contribution >= 0.6 is 0 Å². The summed E-state index contributed by atoms with van der Waals surface area (Å²) < 4.78 is 5.79. The van der Waals surface area contributed by atoms with Crippen LogP contribution in [0.15, 0.2) is 83.3 Å². The van der Waals surface area contributed by atoms with Crippen LogP contribution in [0.2, 0.25) is 0 Å². The smallest absolute Gasteiger partial charge is 0.295 e. The molecule has 1 aliphatic rings. The predicted octanol–water partition coefficient (Wildman–Crippen LogP) is 5.60. The van der Waals surface area contributed by atoms with Crippen LogP contribution in [0.5, 0.6) is 0 Å². The molecule has 0 saturated carbocycles. The van der Waals surface area contributed by atoms with E-state index in [1.165, 1.54) is 0 Å². The second-order valence-electron chi connectivity index (χ2n) is 7.93. The average Bonchev–Trinajstić information content (AvgIpc) is 3.26. The Balaban J connectivity index is 1.36. The highest BCUT2D eigenvalue weighted by atomic mass is 16.4. The summed E-state index contributed by atoms with van der Waals surface area (Å²) >= 11 is 0. The maximum absolute atomic E-state index is 13.6. The van der Waals surface area contributed by atoms with Gasteiger partial charge in [-0.2, -0.15) is 4.98 Å². The molecular weight excluding hydrogens is 386 g/mol. The highest BCUT2D eigenvalue weighted by Crippen LogP contribution is 2.28. The Bertz CT molecular complexity index is 1150. The Morgan fingerprint density at radius 1 is 0.968 bits per heavy atom. The maximum Gasteiger partial charge on any atom is 0.295 e. The molecule has 0 aliphatic carbocycles. The molecular formula is C26H25N3O2. The van der Waals surface area contributed by atoms with Crippen LogP contribution in [0.1, 0.15) is 29.6 Å². The van der Waals surface area contributed by atoms with Gasteiger partial charge in [-0.3, -0.25) is 4.79 Å². The summed E-state index contributed by atoms with van der Waals surface area (Å²) in [5.41, 5.74) is 4.38. The third-order valence-electron chi connectivity index (χ3n) is 5.91. The number of carbonyl (C=O) groups excluding carboxylic acids is 1. The van der Waals surface area contributed by atoms with Gasteiger partial charge >= 0.3 is 0 Å². The van der Waals surface area contributed by atoms with Gasteiger partial charge < -0.3 is 14.6 Å². The third-order valence-corrected chi connectivity index (χ3v) is 5.91. The van der Waals surface area contributed by atoms with Crippen LogP contribution in [-0.4, -0.2) is 34.9 Å². The standard InChI is InChI=1S/C26H25N3O2/c30-25(22-14-5-4-13-21(22)19-10-2-1-3-11-19)29-17-9-8-12-20(29)18-27-26-28-23-15-6-7-16-24(23)31-26/h1-7,10-11,13-16,20H,8-9,12,17-18H2,(H,27,28). The summed E-state index contributed by atoms with van der Waals surface area (Å²) in [6.45, 7) is 1.38. The SMILES string of the molecule is O=C(c1ccccc1-c1ccccc1)N1CCCCC1CNc1nc2ccccc2o1. The van der Waals surface area contributed by atoms with Crippen LogP contribution in [0.25, 0.3) is 22.2 Å². The number of rotatable bonds is 5. The fourth-order valence-corrected chi connectivity index (χ4v) is 4.33. The van der Waals surface area contributed by atoms with E-state index in [4.69, 9.17) is 4.42 Å². The molecule has 1 saturated heterocycles. The lowest BCUT2D eigenvalue weighted by molar-refractivity contribution is 0.0628. The number of benzene rings is 3. The van der Waals surface area contributed by atoms with E-state index < -0.39 is 0 Å². The van der Waals surface area contributed by atoms with Gasteiger partial charge in [0.05, 0.1) is 0 Å². The number of hydrogen-bond acceptors (Lipinski definition) is 4. The van der Waals surface area contributed by atoms with Crippen molar-refractivity contribution in [3.8, 4) is 11.1 Å². The van der Waals surface area contributed by atoms with Gasteiger partial charge in [-0.1, -0.05) is 60.7 Å². The minimum absolute atomic E-state index is 0.0866. The Morgan fingerprint density at radius 2 is 1.74 bits per heavy atom. The van der Waals surface area contributed by atoms with Crippen molar-refractivity contribution in [1.82, 2.24) is 9.88 Å². The largest absolute Gasteiger partial charge is 0.424 e. The maximum atomic E-state index is 13.6. The quantitative estimate of drug-likeness (QED) is 0.464. The molecule has 0 spiro atoms. The number of amides is 1. The second kappa shape index (κ2) is 8.64. The average molecular weight is 412 g/mol. The first-order valence-corrected chi connectivity index (χ1v) is 10.8. The molecule has 1 aromatic heterocycles. The molecule has 31 heavy (non-hydrogen) atoms. The fourth-order valence-electron chi connectivity index (χ4n) is 4.33. The Hall–Kier alpha value is -3.60. The Kier molecular flexibility index (Phi) is 5.40. The van der Waals surface area contributed by atoms with Gasteiger partial charge in [0.15, 0.2) is 5.58 Å². The van der Waals surface area contributed by atoms with Gasteiger partial charge in [-0.05, 0) is 48.6 Å². The van der Waals surface area contributed by atoms with Crippen LogP contribution in [-0.2, 0) is 0 Å². The monoisotopic (exact) mass is 411 g/mol. The lowest BCUT2D eigenvalue weighted by Crippen LogP contribution is -2.47. The highest BCUT2D eigenvalue weighted by Gasteiger charge is 2.29. The summed E-state index contributed by atoms with van der Waals surface area (Å²) in [6.07, 6.45) is 3.11. The van der Waals surface area contributed by atoms with Gasteiger partial charge in [0.25, 0.3) is 11.9 Å². The van der Waals surface area contributed by atoms with Gasteiger partial charge in [-0.25, -0.2) is 0 Å². The first kappa shape index (κ1) is 19.4. The molecule has 1 aliphatic heterocycles. The number of piperidine rings is 1. The number of hydrogen-bond donors (Lipinski definition) is 1. The summed E-state index contributed by atoms with van der Waals surface area (Å²) in [5, 5.41) is 3.31. The summed E-state index contributed by atoms with van der Waals surface area (Å²) in [7, 11) is 0. The predicted molar refractivity (Wildman–Crippen MR) is 123 cm³/mol. The van der Waals surface area contributed by atoms with Crippen LogP contribution in [0.3, 0.4) is 0 Å². The van der Waals surface area contributed by atoms with E-state index in [2.05, 4.69) is 22.4 Å². The summed E-state index contributed by atoms with van der Waals surface area (Å²) in [4.78, 5) is 20.1. The van der Waals surface area contributed by atoms with Crippen molar-refractivity contribution >= 4 is 23.0 Å². The molecule has 1 N–H and O–H groups in total. The molecule has 1 fully saturated rings. The van der Waals surface area contributed by atoms with Crippen molar-refractivity contribution in [3.05, 3.63) is 84.4 Å². The van der Waals surface area contributed by atoms with E-state index in [9.17, 15) is 4.79 Å². The number of aromatic nitrogens is 1. The topological polar surface area (TPSA) is 58.4 Å². The molecule has 5 heteroatoms. The molecule has 1 unspecified atom stereocenters. The molecule has 4 aromatic rings. The van der Waals surface area contributed by atoms with Crippen LogP contribution in [0.4, 0.5) is 6.01 Å². The van der Waals surface area contributed by atoms with E-state index >= 15 is 0 Å². The highest BCUT2D eigenvalue weighted by molar-refractivity contribution is 6.01. The number of carbonyl (C=O) groups is 1. The zero-order chi connectivity index (χ0) is 21.0. The molecule has 0 radical (unpaired) electrons. The second-order valence-corrected chi connectivity index (χ2v) is 7.93. The van der Waals surface area contributed by atoms with Crippen LogP contribution in [0, 0.1) is 0 Å². The lowest BCUT2D eigenvalue weighted by atomic mass is 9.96. The number of oxazole rings is 1. The Labute approximate surface area is 181 Å². The van der Waals surface area contributed by atoms with E-state index in [0.717, 1.165) is 53.6 Å². The van der Waals surface area contributed by atoms with Gasteiger partial charge in [-0.15, -0.1) is 0 Å². The normalized spacial score (nSPS) is 16.4. The first-order chi connectivity index (χ1) is 15.3. The molecule has 1 atom stereocenters. The molecule has 3 aromatic carbocycles. The number of likely N-dealkylation sites (tertiary alicyclic amines) is 1. The minimum atomic E-state index is 0.0866. The number of anilines is 1. The van der Waals surface area contributed by atoms with Gasteiger partial charge in [0, 0.05) is 24.7 Å². The minimum Gasteiger partial charge on any atom is -0.424 e. The molecule has 156 valence electrons. The summed E-state index contributed by atoms with van der Waals surface area (Å²) in [5.74, 6) is 0.0866. The van der Waals surface area contributed by atoms with E-state index in [1.807, 2.05) is 71.6 Å². The number of nitrogens with one attached hydrogen (secondary N) is 1. The molecule has 0 bridgehead atoms. The van der Waals surface area contributed by atoms with Crippen molar-refractivity contribution in [2.75, 3.05) is 18.4 Å². The van der Waals surface area contributed by atoms with Crippen LogP contribution < -0.4 is 5.32 Å².